The Balaban J connectivity index is 4.06. The third kappa shape index (κ3) is 10.6. The molecular weight excluding hydrogens is 274 g/mol. The molecule has 0 heterocycles. The lowest BCUT2D eigenvalue weighted by Gasteiger charge is -2.18. The van der Waals surface area contributed by atoms with Crippen LogP contribution in [0.3, 0.4) is 0 Å². The molecule has 0 spiro atoms. The molecule has 0 aromatic rings. The molecule has 5 N–H and O–H groups in total. The van der Waals surface area contributed by atoms with Gasteiger partial charge in [-0.25, -0.2) is 9.59 Å². The lowest BCUT2D eigenvalue weighted by Crippen LogP contribution is -2.48. The molecular formula is C14H27N3O4. The standard InChI is InChI=1S/C14H27N3O4/c1-3-4-5-6-7-10(2)16-14(21)17-11(13(19)20)8-9-12(15)18/h10-11H,3-9H2,1-2H3,(H2,15,18)(H,19,20)(H2,16,17,21)/t10?,11-/m1/s1. The van der Waals surface area contributed by atoms with Crippen molar-refractivity contribution < 1.29 is 19.5 Å². The molecule has 1 unspecified atom stereocenters. The lowest BCUT2D eigenvalue weighted by molar-refractivity contribution is -0.139. The Kier molecular flexibility index (Phi) is 10.0. The minimum absolute atomic E-state index is 0.0109. The first-order chi connectivity index (χ1) is 9.86. The van der Waals surface area contributed by atoms with Gasteiger partial charge in [-0.3, -0.25) is 4.79 Å². The van der Waals surface area contributed by atoms with Gasteiger partial charge in [0.15, 0.2) is 0 Å². The summed E-state index contributed by atoms with van der Waals surface area (Å²) in [5.41, 5.74) is 4.97. The Morgan fingerprint density at radius 1 is 1.10 bits per heavy atom. The highest BCUT2D eigenvalue weighted by Crippen LogP contribution is 2.05. The van der Waals surface area contributed by atoms with Gasteiger partial charge in [0.2, 0.25) is 5.91 Å². The van der Waals surface area contributed by atoms with E-state index in [1.165, 1.54) is 6.42 Å². The fraction of sp³-hybridized carbons (Fsp3) is 0.786. The van der Waals surface area contributed by atoms with Crippen molar-refractivity contribution >= 4 is 17.9 Å². The number of carbonyl (C=O) groups is 3. The van der Waals surface area contributed by atoms with Crippen molar-refractivity contribution in [2.75, 3.05) is 0 Å². The van der Waals surface area contributed by atoms with Gasteiger partial charge in [-0.2, -0.15) is 0 Å². The predicted molar refractivity (Wildman–Crippen MR) is 79.7 cm³/mol. The van der Waals surface area contributed by atoms with Crippen LogP contribution in [0.15, 0.2) is 0 Å². The second-order valence-corrected chi connectivity index (χ2v) is 5.26. The second-order valence-electron chi connectivity index (χ2n) is 5.26. The summed E-state index contributed by atoms with van der Waals surface area (Å²) in [6.45, 7) is 4.01. The number of nitrogens with one attached hydrogen (secondary N) is 2. The number of nitrogens with two attached hydrogens (primary N) is 1. The third-order valence-corrected chi connectivity index (χ3v) is 3.15. The van der Waals surface area contributed by atoms with Crippen molar-refractivity contribution in [1.29, 1.82) is 0 Å². The topological polar surface area (TPSA) is 122 Å². The molecule has 122 valence electrons. The summed E-state index contributed by atoms with van der Waals surface area (Å²) in [5, 5.41) is 14.0. The summed E-state index contributed by atoms with van der Waals surface area (Å²) in [6.07, 6.45) is 5.24. The first-order valence-corrected chi connectivity index (χ1v) is 7.45. The summed E-state index contributed by atoms with van der Waals surface area (Å²) in [4.78, 5) is 33.3. The van der Waals surface area contributed by atoms with Crippen LogP contribution in [0, 0.1) is 0 Å². The number of unbranched alkanes of at least 4 members (excludes halogenated alkanes) is 3. The number of carbonyl (C=O) groups excluding carboxylic acids is 2. The van der Waals surface area contributed by atoms with Crippen molar-refractivity contribution in [3.05, 3.63) is 0 Å². The third-order valence-electron chi connectivity index (χ3n) is 3.15. The Bertz CT molecular complexity index is 347. The van der Waals surface area contributed by atoms with Crippen LogP contribution in [0.1, 0.15) is 58.8 Å². The number of amides is 3. The van der Waals surface area contributed by atoms with E-state index in [0.717, 1.165) is 25.7 Å². The summed E-state index contributed by atoms with van der Waals surface area (Å²) < 4.78 is 0. The molecule has 0 rings (SSSR count). The molecule has 0 aliphatic heterocycles. The zero-order chi connectivity index (χ0) is 16.3. The highest BCUT2D eigenvalue weighted by atomic mass is 16.4. The number of rotatable bonds is 11. The van der Waals surface area contributed by atoms with Gasteiger partial charge in [-0.1, -0.05) is 32.6 Å². The highest BCUT2D eigenvalue weighted by molar-refractivity contribution is 5.83. The van der Waals surface area contributed by atoms with Crippen LogP contribution in [0.2, 0.25) is 0 Å². The van der Waals surface area contributed by atoms with Gasteiger partial charge < -0.3 is 21.5 Å². The van der Waals surface area contributed by atoms with Crippen LogP contribution in [0.25, 0.3) is 0 Å². The number of aliphatic carboxylic acids is 1. The maximum atomic E-state index is 11.7. The average molecular weight is 301 g/mol. The molecule has 7 nitrogen and oxygen atoms in total. The molecule has 0 aromatic heterocycles. The van der Waals surface area contributed by atoms with Gasteiger partial charge >= 0.3 is 12.0 Å². The van der Waals surface area contributed by atoms with E-state index < -0.39 is 23.9 Å². The molecule has 2 atom stereocenters. The van der Waals surface area contributed by atoms with E-state index >= 15 is 0 Å². The maximum Gasteiger partial charge on any atom is 0.326 e. The Labute approximate surface area is 125 Å². The van der Waals surface area contributed by atoms with Crippen LogP contribution in [-0.2, 0) is 9.59 Å². The first kappa shape index (κ1) is 19.2. The Morgan fingerprint density at radius 3 is 2.29 bits per heavy atom. The molecule has 0 aliphatic rings. The summed E-state index contributed by atoms with van der Waals surface area (Å²) in [5.74, 6) is -1.77. The van der Waals surface area contributed by atoms with Crippen molar-refractivity contribution in [3.8, 4) is 0 Å². The second kappa shape index (κ2) is 10.9. The molecule has 0 bridgehead atoms. The number of carboxylic acids is 1. The molecule has 0 saturated carbocycles. The largest absolute Gasteiger partial charge is 0.480 e. The number of hydrogen-bond donors (Lipinski definition) is 4. The molecule has 7 heteroatoms. The van der Waals surface area contributed by atoms with E-state index in [0.29, 0.717) is 0 Å². The minimum Gasteiger partial charge on any atom is -0.480 e. The van der Waals surface area contributed by atoms with Crippen LogP contribution >= 0.6 is 0 Å². The lowest BCUT2D eigenvalue weighted by atomic mass is 10.1. The first-order valence-electron chi connectivity index (χ1n) is 7.45. The van der Waals surface area contributed by atoms with Gasteiger partial charge in [0.05, 0.1) is 0 Å². The zero-order valence-corrected chi connectivity index (χ0v) is 12.9. The van der Waals surface area contributed by atoms with Gasteiger partial charge in [0.1, 0.15) is 6.04 Å². The van der Waals surface area contributed by atoms with Crippen LogP contribution in [-0.4, -0.2) is 35.1 Å². The molecule has 3 amide bonds. The van der Waals surface area contributed by atoms with Crippen molar-refractivity contribution in [1.82, 2.24) is 10.6 Å². The average Bonchev–Trinajstić information content (AvgIpc) is 2.39. The predicted octanol–water partition coefficient (Wildman–Crippen LogP) is 1.36. The van der Waals surface area contributed by atoms with Crippen LogP contribution in [0.4, 0.5) is 4.79 Å². The van der Waals surface area contributed by atoms with Crippen LogP contribution in [0.5, 0.6) is 0 Å². The summed E-state index contributed by atoms with van der Waals surface area (Å²) >= 11 is 0. The van der Waals surface area contributed by atoms with E-state index in [-0.39, 0.29) is 18.9 Å². The highest BCUT2D eigenvalue weighted by Gasteiger charge is 2.21. The normalized spacial score (nSPS) is 13.2. The molecule has 0 aliphatic carbocycles. The maximum absolute atomic E-state index is 11.7. The van der Waals surface area contributed by atoms with E-state index in [9.17, 15) is 14.4 Å². The number of urea groups is 1. The van der Waals surface area contributed by atoms with Gasteiger partial charge in [0, 0.05) is 12.5 Å². The van der Waals surface area contributed by atoms with E-state index in [1.54, 1.807) is 0 Å². The quantitative estimate of drug-likeness (QED) is 0.430. The number of primary amides is 1. The number of hydrogen-bond acceptors (Lipinski definition) is 3. The summed E-state index contributed by atoms with van der Waals surface area (Å²) in [6, 6.07) is -1.66. The summed E-state index contributed by atoms with van der Waals surface area (Å²) in [7, 11) is 0. The van der Waals surface area contributed by atoms with E-state index in [1.807, 2.05) is 6.92 Å². The minimum atomic E-state index is -1.18. The monoisotopic (exact) mass is 301 g/mol. The van der Waals surface area contributed by atoms with Crippen molar-refractivity contribution in [3.63, 3.8) is 0 Å². The fourth-order valence-corrected chi connectivity index (χ4v) is 1.92. The van der Waals surface area contributed by atoms with E-state index in [2.05, 4.69) is 17.6 Å². The zero-order valence-electron chi connectivity index (χ0n) is 12.9. The SMILES string of the molecule is CCCCCCC(C)NC(=O)N[C@H](CCC(N)=O)C(=O)O. The Morgan fingerprint density at radius 2 is 1.76 bits per heavy atom. The number of carboxylic acid groups (broad SMARTS) is 1. The van der Waals surface area contributed by atoms with Gasteiger partial charge in [-0.05, 0) is 19.8 Å². The van der Waals surface area contributed by atoms with Gasteiger partial charge in [-0.15, -0.1) is 0 Å². The van der Waals surface area contributed by atoms with Crippen molar-refractivity contribution in [2.45, 2.75) is 70.9 Å². The molecule has 0 fully saturated rings. The Hall–Kier alpha value is -1.79. The van der Waals surface area contributed by atoms with Gasteiger partial charge in [0.25, 0.3) is 0 Å². The molecule has 0 radical (unpaired) electrons. The van der Waals surface area contributed by atoms with Crippen molar-refractivity contribution in [2.24, 2.45) is 5.73 Å². The van der Waals surface area contributed by atoms with E-state index in [4.69, 9.17) is 10.8 Å². The molecule has 0 aromatic carbocycles. The smallest absolute Gasteiger partial charge is 0.326 e. The molecule has 21 heavy (non-hydrogen) atoms. The van der Waals surface area contributed by atoms with Crippen LogP contribution < -0.4 is 16.4 Å². The fourth-order valence-electron chi connectivity index (χ4n) is 1.92. The molecule has 0 saturated heterocycles.